The van der Waals surface area contributed by atoms with Crippen LogP contribution in [-0.2, 0) is 6.42 Å². The molecule has 0 radical (unpaired) electrons. The van der Waals surface area contributed by atoms with Crippen LogP contribution in [0.25, 0.3) is 0 Å². The molecule has 1 aromatic carbocycles. The fourth-order valence-corrected chi connectivity index (χ4v) is 1.00. The van der Waals surface area contributed by atoms with Gasteiger partial charge in [-0.3, -0.25) is 4.79 Å². The Labute approximate surface area is 69.6 Å². The van der Waals surface area contributed by atoms with Crippen LogP contribution in [0.4, 0.5) is 4.39 Å². The Balaban J connectivity index is 3.04. The number of hydrogen-bond donors (Lipinski definition) is 1. The molecule has 0 aromatic heterocycles. The maximum Gasteiger partial charge on any atom is 0.153 e. The highest BCUT2D eigenvalue weighted by Gasteiger charge is 2.05. The number of aliphatic hydroxyl groups excluding tert-OH is 1. The molecule has 0 bridgehead atoms. The first kappa shape index (κ1) is 8.87. The summed E-state index contributed by atoms with van der Waals surface area (Å²) in [6.45, 7) is -0.112. The highest BCUT2D eigenvalue weighted by atomic mass is 19.1. The van der Waals surface area contributed by atoms with E-state index in [1.807, 2.05) is 0 Å². The van der Waals surface area contributed by atoms with Gasteiger partial charge in [-0.1, -0.05) is 12.1 Å². The third-order valence-electron chi connectivity index (χ3n) is 1.62. The molecule has 0 atom stereocenters. The van der Waals surface area contributed by atoms with Crippen molar-refractivity contribution in [2.45, 2.75) is 6.42 Å². The predicted octanol–water partition coefficient (Wildman–Crippen LogP) is 1.17. The van der Waals surface area contributed by atoms with E-state index in [1.165, 1.54) is 6.07 Å². The number of aldehydes is 1. The molecule has 1 N–H and O–H groups in total. The molecule has 0 saturated carbocycles. The summed E-state index contributed by atoms with van der Waals surface area (Å²) in [6.07, 6.45) is 0.712. The van der Waals surface area contributed by atoms with Crippen molar-refractivity contribution in [3.63, 3.8) is 0 Å². The lowest BCUT2D eigenvalue weighted by Crippen LogP contribution is -1.98. The van der Waals surface area contributed by atoms with E-state index in [4.69, 9.17) is 5.11 Å². The van der Waals surface area contributed by atoms with E-state index in [-0.39, 0.29) is 18.6 Å². The van der Waals surface area contributed by atoms with Crippen LogP contribution < -0.4 is 0 Å². The second-order valence-electron chi connectivity index (χ2n) is 2.41. The molecule has 12 heavy (non-hydrogen) atoms. The molecule has 0 saturated heterocycles. The van der Waals surface area contributed by atoms with Crippen LogP contribution in [0.5, 0.6) is 0 Å². The Kier molecular flexibility index (Phi) is 2.94. The van der Waals surface area contributed by atoms with E-state index in [0.29, 0.717) is 11.8 Å². The zero-order valence-corrected chi connectivity index (χ0v) is 6.46. The minimum atomic E-state index is -0.526. The maximum atomic E-state index is 13.1. The summed E-state index contributed by atoms with van der Waals surface area (Å²) in [4.78, 5) is 10.3. The van der Waals surface area contributed by atoms with Gasteiger partial charge < -0.3 is 5.11 Å². The van der Waals surface area contributed by atoms with Gasteiger partial charge in [0.15, 0.2) is 6.29 Å². The van der Waals surface area contributed by atoms with Crippen LogP contribution >= 0.6 is 0 Å². The molecule has 0 heterocycles. The molecule has 0 aliphatic heterocycles. The predicted molar refractivity (Wildman–Crippen MR) is 42.6 cm³/mol. The number of aliphatic hydroxyl groups is 1. The molecular weight excluding hydrogens is 159 g/mol. The van der Waals surface area contributed by atoms with Crippen molar-refractivity contribution in [3.05, 3.63) is 35.1 Å². The van der Waals surface area contributed by atoms with Crippen molar-refractivity contribution in [1.82, 2.24) is 0 Å². The Bertz CT molecular complexity index is 284. The summed E-state index contributed by atoms with van der Waals surface area (Å²) in [5.41, 5.74) is 0.419. The number of halogens is 1. The molecular formula is C9H9FO2. The second kappa shape index (κ2) is 3.97. The average Bonchev–Trinajstić information content (AvgIpc) is 2.09. The quantitative estimate of drug-likeness (QED) is 0.688. The Hall–Kier alpha value is -1.22. The van der Waals surface area contributed by atoms with E-state index in [2.05, 4.69) is 0 Å². The molecule has 3 heteroatoms. The standard InChI is InChI=1S/C9H9FO2/c10-9-7(4-5-11)2-1-3-8(9)6-12/h1-3,6,11H,4-5H2. The topological polar surface area (TPSA) is 37.3 Å². The molecule has 2 nitrogen and oxygen atoms in total. The number of hydrogen-bond acceptors (Lipinski definition) is 2. The molecule has 0 spiro atoms. The fraction of sp³-hybridized carbons (Fsp3) is 0.222. The Morgan fingerprint density at radius 1 is 1.50 bits per heavy atom. The van der Waals surface area contributed by atoms with Gasteiger partial charge in [0.1, 0.15) is 5.82 Å². The maximum absolute atomic E-state index is 13.1. The smallest absolute Gasteiger partial charge is 0.153 e. The number of rotatable bonds is 3. The first-order valence-corrected chi connectivity index (χ1v) is 3.63. The highest BCUT2D eigenvalue weighted by Crippen LogP contribution is 2.11. The van der Waals surface area contributed by atoms with Crippen molar-refractivity contribution < 1.29 is 14.3 Å². The lowest BCUT2D eigenvalue weighted by Gasteiger charge is -2.01. The molecule has 0 unspecified atom stereocenters. The molecule has 0 aliphatic carbocycles. The van der Waals surface area contributed by atoms with Crippen LogP contribution in [0.1, 0.15) is 15.9 Å². The zero-order valence-electron chi connectivity index (χ0n) is 6.46. The van der Waals surface area contributed by atoms with Crippen LogP contribution in [0, 0.1) is 5.82 Å². The molecule has 64 valence electrons. The Morgan fingerprint density at radius 3 is 2.83 bits per heavy atom. The summed E-state index contributed by atoms with van der Waals surface area (Å²) >= 11 is 0. The molecule has 0 amide bonds. The summed E-state index contributed by atoms with van der Waals surface area (Å²) in [7, 11) is 0. The summed E-state index contributed by atoms with van der Waals surface area (Å²) in [5, 5.41) is 8.55. The van der Waals surface area contributed by atoms with Gasteiger partial charge in [0.05, 0.1) is 5.56 Å². The first-order valence-electron chi connectivity index (χ1n) is 3.63. The normalized spacial score (nSPS) is 9.83. The van der Waals surface area contributed by atoms with Gasteiger partial charge >= 0.3 is 0 Å². The van der Waals surface area contributed by atoms with Crippen molar-refractivity contribution in [3.8, 4) is 0 Å². The molecule has 0 aliphatic rings. The van der Waals surface area contributed by atoms with E-state index in [9.17, 15) is 9.18 Å². The lowest BCUT2D eigenvalue weighted by atomic mass is 10.1. The average molecular weight is 168 g/mol. The monoisotopic (exact) mass is 168 g/mol. The van der Waals surface area contributed by atoms with Gasteiger partial charge in [-0.05, 0) is 18.1 Å². The second-order valence-corrected chi connectivity index (χ2v) is 2.41. The minimum Gasteiger partial charge on any atom is -0.396 e. The number of carbonyl (C=O) groups is 1. The lowest BCUT2D eigenvalue weighted by molar-refractivity contribution is 0.111. The third kappa shape index (κ3) is 1.68. The van der Waals surface area contributed by atoms with Crippen molar-refractivity contribution in [1.29, 1.82) is 0 Å². The first-order chi connectivity index (χ1) is 5.79. The van der Waals surface area contributed by atoms with Crippen LogP contribution in [-0.4, -0.2) is 18.0 Å². The number of benzene rings is 1. The van der Waals surface area contributed by atoms with Crippen LogP contribution in [0.3, 0.4) is 0 Å². The van der Waals surface area contributed by atoms with E-state index in [1.54, 1.807) is 12.1 Å². The van der Waals surface area contributed by atoms with E-state index < -0.39 is 5.82 Å². The van der Waals surface area contributed by atoms with E-state index >= 15 is 0 Å². The molecule has 0 fully saturated rings. The third-order valence-corrected chi connectivity index (χ3v) is 1.62. The summed E-state index contributed by atoms with van der Waals surface area (Å²) in [5.74, 6) is -0.526. The minimum absolute atomic E-state index is 0.0425. The zero-order chi connectivity index (χ0) is 8.97. The van der Waals surface area contributed by atoms with Gasteiger partial charge in [-0.2, -0.15) is 0 Å². The largest absolute Gasteiger partial charge is 0.396 e. The molecule has 1 aromatic rings. The SMILES string of the molecule is O=Cc1cccc(CCO)c1F. The van der Waals surface area contributed by atoms with Crippen molar-refractivity contribution in [2.24, 2.45) is 0 Å². The summed E-state index contributed by atoms with van der Waals surface area (Å²) in [6, 6.07) is 4.56. The van der Waals surface area contributed by atoms with Crippen molar-refractivity contribution >= 4 is 6.29 Å². The fourth-order valence-electron chi connectivity index (χ4n) is 1.00. The van der Waals surface area contributed by atoms with Gasteiger partial charge in [0.2, 0.25) is 0 Å². The van der Waals surface area contributed by atoms with Gasteiger partial charge in [-0.15, -0.1) is 0 Å². The van der Waals surface area contributed by atoms with Crippen LogP contribution in [0.2, 0.25) is 0 Å². The highest BCUT2D eigenvalue weighted by molar-refractivity contribution is 5.75. The Morgan fingerprint density at radius 2 is 2.25 bits per heavy atom. The summed E-state index contributed by atoms with van der Waals surface area (Å²) < 4.78 is 13.1. The van der Waals surface area contributed by atoms with Crippen LogP contribution in [0.15, 0.2) is 18.2 Å². The number of carbonyl (C=O) groups excluding carboxylic acids is 1. The van der Waals surface area contributed by atoms with Crippen molar-refractivity contribution in [2.75, 3.05) is 6.61 Å². The van der Waals surface area contributed by atoms with Gasteiger partial charge in [0.25, 0.3) is 0 Å². The van der Waals surface area contributed by atoms with Gasteiger partial charge in [-0.25, -0.2) is 4.39 Å². The van der Waals surface area contributed by atoms with Gasteiger partial charge in [0, 0.05) is 6.61 Å². The van der Waals surface area contributed by atoms with E-state index in [0.717, 1.165) is 0 Å². The molecule has 1 rings (SSSR count).